The van der Waals surface area contributed by atoms with Crippen LogP contribution in [0.3, 0.4) is 0 Å². The van der Waals surface area contributed by atoms with Crippen LogP contribution in [0.25, 0.3) is 11.2 Å². The molecule has 0 aliphatic heterocycles. The van der Waals surface area contributed by atoms with Crippen LogP contribution in [0.15, 0.2) is 30.5 Å². The van der Waals surface area contributed by atoms with Crippen molar-refractivity contribution in [1.82, 2.24) is 30.6 Å². The number of hydrogen-bond donors (Lipinski definition) is 6. The summed E-state index contributed by atoms with van der Waals surface area (Å²) in [6.45, 7) is -0.164. The van der Waals surface area contributed by atoms with Gasteiger partial charge < -0.3 is 37.2 Å². The van der Waals surface area contributed by atoms with Gasteiger partial charge in [-0.25, -0.2) is 14.8 Å². The fraction of sp³-hybridized carbons (Fsp3) is 0.238. The number of rotatable bonds is 10. The Hall–Kier alpha value is -5.08. The van der Waals surface area contributed by atoms with Crippen LogP contribution in [0.5, 0.6) is 0 Å². The molecule has 15 nitrogen and oxygen atoms in total. The Morgan fingerprint density at radius 1 is 1.06 bits per heavy atom. The number of aliphatic carboxylic acids is 2. The second kappa shape index (κ2) is 10.9. The zero-order valence-electron chi connectivity index (χ0n) is 19.0. The van der Waals surface area contributed by atoms with Gasteiger partial charge in [-0.15, -0.1) is 0 Å². The van der Waals surface area contributed by atoms with Gasteiger partial charge >= 0.3 is 11.9 Å². The molecule has 0 bridgehead atoms. The van der Waals surface area contributed by atoms with E-state index in [1.165, 1.54) is 0 Å². The van der Waals surface area contributed by atoms with Gasteiger partial charge in [-0.2, -0.15) is 9.97 Å². The molecule has 0 radical (unpaired) electrons. The number of nitrogens with one attached hydrogen (secondary N) is 2. The first kappa shape index (κ1) is 25.5. The lowest BCUT2D eigenvalue weighted by atomic mass is 10.2. The molecular formula is C21H23N9O6. The van der Waals surface area contributed by atoms with E-state index in [1.807, 2.05) is 17.3 Å². The number of nitrogen functional groups attached to an aromatic ring is 2. The number of hydrogen-bond acceptors (Lipinski definition) is 11. The Morgan fingerprint density at radius 2 is 1.75 bits per heavy atom. The molecule has 3 rings (SSSR count). The monoisotopic (exact) mass is 497 g/mol. The summed E-state index contributed by atoms with van der Waals surface area (Å²) in [5, 5.41) is 22.1. The van der Waals surface area contributed by atoms with Gasteiger partial charge in [0.2, 0.25) is 11.9 Å². The first-order chi connectivity index (χ1) is 17.0. The maximum absolute atomic E-state index is 12.3. The number of carbonyl (C=O) groups is 4. The third-order valence-electron chi connectivity index (χ3n) is 4.89. The molecule has 0 saturated carbocycles. The second-order valence-electron chi connectivity index (χ2n) is 7.64. The summed E-state index contributed by atoms with van der Waals surface area (Å²) < 4.78 is 0. The first-order valence-electron chi connectivity index (χ1n) is 10.4. The van der Waals surface area contributed by atoms with Crippen LogP contribution in [0.2, 0.25) is 0 Å². The molecule has 0 aliphatic rings. The van der Waals surface area contributed by atoms with Crippen molar-refractivity contribution in [3.63, 3.8) is 0 Å². The second-order valence-corrected chi connectivity index (χ2v) is 7.64. The third-order valence-corrected chi connectivity index (χ3v) is 4.89. The number of amides is 2. The normalized spacial score (nSPS) is 11.5. The van der Waals surface area contributed by atoms with Crippen LogP contribution in [0.1, 0.15) is 22.5 Å². The molecule has 0 saturated heterocycles. The smallest absolute Gasteiger partial charge is 0.326 e. The Labute approximate surface area is 203 Å². The van der Waals surface area contributed by atoms with E-state index in [9.17, 15) is 19.2 Å². The zero-order chi connectivity index (χ0) is 26.4. The molecular weight excluding hydrogens is 474 g/mol. The van der Waals surface area contributed by atoms with Crippen molar-refractivity contribution < 1.29 is 29.4 Å². The Balaban J connectivity index is 1.57. The van der Waals surface area contributed by atoms with Crippen molar-refractivity contribution in [1.29, 1.82) is 0 Å². The molecule has 1 aromatic carbocycles. The molecule has 0 fully saturated rings. The molecule has 36 heavy (non-hydrogen) atoms. The SMILES string of the molecule is CN(Cc1cnc2nc(N)nc(N)c2n1)c1ccc(C(=O)NCC(=O)N[C@@H](CC(=O)O)C(=O)O)cc1. The maximum Gasteiger partial charge on any atom is 0.326 e. The predicted molar refractivity (Wildman–Crippen MR) is 127 cm³/mol. The van der Waals surface area contributed by atoms with Gasteiger partial charge in [-0.05, 0) is 24.3 Å². The lowest BCUT2D eigenvalue weighted by Gasteiger charge is -2.19. The quantitative estimate of drug-likeness (QED) is 0.197. The average Bonchev–Trinajstić information content (AvgIpc) is 2.82. The van der Waals surface area contributed by atoms with Gasteiger partial charge in [0.05, 0.1) is 31.4 Å². The Bertz CT molecular complexity index is 1320. The summed E-state index contributed by atoms with van der Waals surface area (Å²) in [5.41, 5.74) is 13.7. The van der Waals surface area contributed by atoms with Crippen LogP contribution < -0.4 is 27.0 Å². The molecule has 0 spiro atoms. The van der Waals surface area contributed by atoms with Crippen molar-refractivity contribution in [2.75, 3.05) is 30.0 Å². The average molecular weight is 497 g/mol. The molecule has 0 aliphatic carbocycles. The van der Waals surface area contributed by atoms with Crippen molar-refractivity contribution in [2.24, 2.45) is 0 Å². The highest BCUT2D eigenvalue weighted by Gasteiger charge is 2.23. The van der Waals surface area contributed by atoms with Gasteiger partial charge in [-0.1, -0.05) is 0 Å². The maximum atomic E-state index is 12.3. The number of fused-ring (bicyclic) bond motifs is 1. The number of carboxylic acids is 2. The topological polar surface area (TPSA) is 240 Å². The van der Waals surface area contributed by atoms with Crippen LogP contribution in [-0.2, 0) is 20.9 Å². The summed E-state index contributed by atoms with van der Waals surface area (Å²) in [4.78, 5) is 64.3. The first-order valence-corrected chi connectivity index (χ1v) is 10.4. The molecule has 2 aromatic heterocycles. The predicted octanol–water partition coefficient (Wildman–Crippen LogP) is -1.01. The largest absolute Gasteiger partial charge is 0.481 e. The van der Waals surface area contributed by atoms with Crippen molar-refractivity contribution in [2.45, 2.75) is 19.0 Å². The summed E-state index contributed by atoms with van der Waals surface area (Å²) in [6, 6.07) is 4.87. The fourth-order valence-corrected chi connectivity index (χ4v) is 3.14. The van der Waals surface area contributed by atoms with Crippen molar-refractivity contribution in [3.05, 3.63) is 41.7 Å². The number of nitrogens with zero attached hydrogens (tertiary/aromatic N) is 5. The highest BCUT2D eigenvalue weighted by atomic mass is 16.4. The summed E-state index contributed by atoms with van der Waals surface area (Å²) >= 11 is 0. The summed E-state index contributed by atoms with van der Waals surface area (Å²) in [6.07, 6.45) is 0.757. The van der Waals surface area contributed by atoms with Gasteiger partial charge in [0, 0.05) is 18.3 Å². The Morgan fingerprint density at radius 3 is 2.39 bits per heavy atom. The zero-order valence-corrected chi connectivity index (χ0v) is 19.0. The van der Waals surface area contributed by atoms with E-state index < -0.39 is 42.8 Å². The van der Waals surface area contributed by atoms with Crippen molar-refractivity contribution in [3.8, 4) is 0 Å². The molecule has 2 heterocycles. The van der Waals surface area contributed by atoms with Gasteiger partial charge in [0.1, 0.15) is 6.04 Å². The molecule has 0 unspecified atom stereocenters. The van der Waals surface area contributed by atoms with Gasteiger partial charge in [-0.3, -0.25) is 14.4 Å². The number of carboxylic acid groups (broad SMARTS) is 2. The van der Waals surface area contributed by atoms with Crippen LogP contribution in [-0.4, -0.2) is 73.5 Å². The van der Waals surface area contributed by atoms with Crippen LogP contribution in [0.4, 0.5) is 17.5 Å². The van der Waals surface area contributed by atoms with E-state index >= 15 is 0 Å². The van der Waals surface area contributed by atoms with E-state index in [0.29, 0.717) is 17.8 Å². The van der Waals surface area contributed by atoms with Crippen LogP contribution >= 0.6 is 0 Å². The summed E-state index contributed by atoms with van der Waals surface area (Å²) in [7, 11) is 1.81. The van der Waals surface area contributed by atoms with E-state index in [1.54, 1.807) is 30.5 Å². The minimum absolute atomic E-state index is 0.00608. The summed E-state index contributed by atoms with van der Waals surface area (Å²) in [5.74, 6) is -4.15. The van der Waals surface area contributed by atoms with E-state index in [4.69, 9.17) is 21.7 Å². The highest BCUT2D eigenvalue weighted by molar-refractivity contribution is 5.97. The number of anilines is 3. The van der Waals surface area contributed by atoms with Gasteiger partial charge in [0.25, 0.3) is 5.91 Å². The lowest BCUT2D eigenvalue weighted by molar-refractivity contribution is -0.147. The number of aromatic nitrogens is 4. The number of benzene rings is 1. The standard InChI is InChI=1S/C21H23N9O6/c1-30(9-11-7-24-18-16(26-11)17(22)28-21(23)29-18)12-4-2-10(3-5-12)19(34)25-8-14(31)27-13(20(35)36)6-15(32)33/h2-5,7,13H,6,8-9H2,1H3,(H,25,34)(H,27,31)(H,32,33)(H,35,36)(H4,22,23,24,28,29)/t13-/m0/s1. The number of nitrogens with two attached hydrogens (primary N) is 2. The molecule has 15 heteroatoms. The molecule has 8 N–H and O–H groups in total. The molecule has 1 atom stereocenters. The Kier molecular flexibility index (Phi) is 7.73. The van der Waals surface area contributed by atoms with Crippen molar-refractivity contribution >= 4 is 52.4 Å². The highest BCUT2D eigenvalue weighted by Crippen LogP contribution is 2.18. The molecule has 188 valence electrons. The van der Waals surface area contributed by atoms with Crippen LogP contribution in [0, 0.1) is 0 Å². The molecule has 3 aromatic rings. The molecule has 2 amide bonds. The minimum Gasteiger partial charge on any atom is -0.481 e. The fourth-order valence-electron chi connectivity index (χ4n) is 3.14. The van der Waals surface area contributed by atoms with E-state index in [0.717, 1.165) is 5.69 Å². The van der Waals surface area contributed by atoms with E-state index in [2.05, 4.69) is 25.3 Å². The third kappa shape index (κ3) is 6.49. The lowest BCUT2D eigenvalue weighted by Crippen LogP contribution is -2.46. The van der Waals surface area contributed by atoms with E-state index in [-0.39, 0.29) is 23.0 Å². The van der Waals surface area contributed by atoms with Gasteiger partial charge in [0.15, 0.2) is 17.0 Å². The number of carbonyl (C=O) groups excluding carboxylic acids is 2. The minimum atomic E-state index is -1.60.